The van der Waals surface area contributed by atoms with Gasteiger partial charge in [0.1, 0.15) is 11.3 Å². The molecule has 0 spiro atoms. The van der Waals surface area contributed by atoms with Crippen LogP contribution < -0.4 is 0 Å². The summed E-state index contributed by atoms with van der Waals surface area (Å²) in [7, 11) is 0. The molecule has 0 aliphatic rings. The number of nitrogens with zero attached hydrogens (tertiary/aromatic N) is 1. The molecule has 2 aromatic carbocycles. The number of benzene rings is 2. The Morgan fingerprint density at radius 3 is 2.18 bits per heavy atom. The highest BCUT2D eigenvalue weighted by Gasteiger charge is 2.18. The molecule has 0 atom stereocenters. The summed E-state index contributed by atoms with van der Waals surface area (Å²) in [5.41, 5.74) is 0.00802. The van der Waals surface area contributed by atoms with E-state index < -0.39 is 22.4 Å². The van der Waals surface area contributed by atoms with E-state index in [1.807, 2.05) is 0 Å². The van der Waals surface area contributed by atoms with Crippen LogP contribution in [0.2, 0.25) is 0 Å². The minimum Gasteiger partial charge on any atom is -0.507 e. The average molecular weight is 301 g/mol. The van der Waals surface area contributed by atoms with Gasteiger partial charge in [0, 0.05) is 23.3 Å². The van der Waals surface area contributed by atoms with Crippen molar-refractivity contribution in [3.63, 3.8) is 0 Å². The van der Waals surface area contributed by atoms with Crippen molar-refractivity contribution in [2.45, 2.75) is 6.92 Å². The van der Waals surface area contributed by atoms with Gasteiger partial charge in [-0.3, -0.25) is 14.9 Å². The summed E-state index contributed by atoms with van der Waals surface area (Å²) in [4.78, 5) is 33.4. The van der Waals surface area contributed by atoms with Crippen molar-refractivity contribution in [2.24, 2.45) is 0 Å². The second-order valence-corrected chi connectivity index (χ2v) is 4.63. The lowest BCUT2D eigenvalue weighted by Crippen LogP contribution is -2.06. The number of phenols is 1. The average Bonchev–Trinajstić information content (AvgIpc) is 2.48. The van der Waals surface area contributed by atoms with Crippen LogP contribution in [0.3, 0.4) is 0 Å². The molecule has 0 saturated carbocycles. The summed E-state index contributed by atoms with van der Waals surface area (Å²) in [6, 6.07) is 7.42. The monoisotopic (exact) mass is 301 g/mol. The van der Waals surface area contributed by atoms with Gasteiger partial charge < -0.3 is 10.2 Å². The van der Waals surface area contributed by atoms with E-state index in [1.165, 1.54) is 37.3 Å². The molecule has 0 amide bonds. The van der Waals surface area contributed by atoms with E-state index in [-0.39, 0.29) is 27.9 Å². The Morgan fingerprint density at radius 2 is 1.68 bits per heavy atom. The second kappa shape index (κ2) is 5.65. The summed E-state index contributed by atoms with van der Waals surface area (Å²) in [5.74, 6) is -2.23. The lowest BCUT2D eigenvalue weighted by molar-refractivity contribution is -0.384. The van der Waals surface area contributed by atoms with Crippen LogP contribution in [0.15, 0.2) is 36.4 Å². The number of hydrogen-bond acceptors (Lipinski definition) is 5. The number of non-ortho nitro benzene ring substituents is 1. The fourth-order valence-electron chi connectivity index (χ4n) is 1.97. The SMILES string of the molecule is Cc1cc(C(=O)c2ccc([N+](=O)[O-])cc2)cc(C(=O)O)c1O. The number of aromatic carboxylic acids is 1. The third-order valence-electron chi connectivity index (χ3n) is 3.13. The van der Waals surface area contributed by atoms with E-state index in [0.29, 0.717) is 0 Å². The number of rotatable bonds is 4. The van der Waals surface area contributed by atoms with Gasteiger partial charge in [0.05, 0.1) is 4.92 Å². The lowest BCUT2D eigenvalue weighted by Gasteiger charge is -2.07. The number of aryl methyl sites for hydroxylation is 1. The molecule has 7 heteroatoms. The maximum absolute atomic E-state index is 12.3. The minimum absolute atomic E-state index is 0.0848. The number of hydrogen-bond donors (Lipinski definition) is 2. The van der Waals surface area contributed by atoms with Crippen LogP contribution in [-0.2, 0) is 0 Å². The van der Waals surface area contributed by atoms with Crippen LogP contribution in [0.5, 0.6) is 5.75 Å². The lowest BCUT2D eigenvalue weighted by atomic mass is 9.98. The van der Waals surface area contributed by atoms with Crippen LogP contribution >= 0.6 is 0 Å². The van der Waals surface area contributed by atoms with Crippen LogP contribution in [0, 0.1) is 17.0 Å². The summed E-state index contributed by atoms with van der Waals surface area (Å²) < 4.78 is 0. The minimum atomic E-state index is -1.35. The van der Waals surface area contributed by atoms with Crippen molar-refractivity contribution in [3.05, 3.63) is 68.8 Å². The van der Waals surface area contributed by atoms with Gasteiger partial charge >= 0.3 is 5.97 Å². The quantitative estimate of drug-likeness (QED) is 0.509. The fraction of sp³-hybridized carbons (Fsp3) is 0.0667. The highest BCUT2D eigenvalue weighted by atomic mass is 16.6. The van der Waals surface area contributed by atoms with Crippen molar-refractivity contribution in [1.29, 1.82) is 0 Å². The Morgan fingerprint density at radius 1 is 1.09 bits per heavy atom. The third-order valence-corrected chi connectivity index (χ3v) is 3.13. The third kappa shape index (κ3) is 2.78. The Kier molecular flexibility index (Phi) is 3.89. The smallest absolute Gasteiger partial charge is 0.339 e. The molecule has 0 heterocycles. The zero-order chi connectivity index (χ0) is 16.4. The summed E-state index contributed by atoms with van der Waals surface area (Å²) >= 11 is 0. The first-order chi connectivity index (χ1) is 10.3. The van der Waals surface area contributed by atoms with Crippen molar-refractivity contribution >= 4 is 17.4 Å². The van der Waals surface area contributed by atoms with Crippen LogP contribution in [0.25, 0.3) is 0 Å². The molecule has 0 unspecified atom stereocenters. The van der Waals surface area contributed by atoms with Crippen LogP contribution in [0.1, 0.15) is 31.8 Å². The number of carbonyl (C=O) groups excluding carboxylic acids is 1. The standard InChI is InChI=1S/C15H11NO6/c1-8-6-10(7-12(13(8)17)15(19)20)14(18)9-2-4-11(5-3-9)16(21)22/h2-7,17H,1H3,(H,19,20). The second-order valence-electron chi connectivity index (χ2n) is 4.63. The van der Waals surface area contributed by atoms with E-state index in [9.17, 15) is 24.8 Å². The molecular weight excluding hydrogens is 290 g/mol. The molecule has 2 aromatic rings. The van der Waals surface area contributed by atoms with Gasteiger partial charge in [-0.1, -0.05) is 0 Å². The predicted octanol–water partition coefficient (Wildman–Crippen LogP) is 2.54. The highest BCUT2D eigenvalue weighted by Crippen LogP contribution is 2.25. The molecule has 2 rings (SSSR count). The molecule has 2 N–H and O–H groups in total. The van der Waals surface area contributed by atoms with Gasteiger partial charge in [-0.25, -0.2) is 4.79 Å². The fourth-order valence-corrected chi connectivity index (χ4v) is 1.97. The molecule has 112 valence electrons. The maximum Gasteiger partial charge on any atom is 0.339 e. The Hall–Kier alpha value is -3.22. The number of nitro groups is 1. The van der Waals surface area contributed by atoms with Crippen LogP contribution in [0.4, 0.5) is 5.69 Å². The molecule has 0 radical (unpaired) electrons. The summed E-state index contributed by atoms with van der Waals surface area (Å²) in [6.45, 7) is 1.48. The first kappa shape index (κ1) is 15.2. The topological polar surface area (TPSA) is 118 Å². The van der Waals surface area contributed by atoms with Gasteiger partial charge in [-0.15, -0.1) is 0 Å². The number of carboxylic acids is 1. The Balaban J connectivity index is 2.45. The first-order valence-corrected chi connectivity index (χ1v) is 6.17. The summed E-state index contributed by atoms with van der Waals surface area (Å²) in [5, 5.41) is 29.3. The molecular formula is C15H11NO6. The van der Waals surface area contributed by atoms with E-state index >= 15 is 0 Å². The largest absolute Gasteiger partial charge is 0.507 e. The van der Waals surface area contributed by atoms with Gasteiger partial charge in [0.2, 0.25) is 0 Å². The van der Waals surface area contributed by atoms with Crippen molar-refractivity contribution in [1.82, 2.24) is 0 Å². The molecule has 22 heavy (non-hydrogen) atoms. The van der Waals surface area contributed by atoms with Crippen molar-refractivity contribution in [3.8, 4) is 5.75 Å². The molecule has 0 aliphatic heterocycles. The van der Waals surface area contributed by atoms with Crippen molar-refractivity contribution < 1.29 is 24.7 Å². The van der Waals surface area contributed by atoms with Gasteiger partial charge in [-0.2, -0.15) is 0 Å². The Bertz CT molecular complexity index is 779. The van der Waals surface area contributed by atoms with Gasteiger partial charge in [-0.05, 0) is 36.8 Å². The molecule has 7 nitrogen and oxygen atoms in total. The molecule has 0 saturated heterocycles. The summed E-state index contributed by atoms with van der Waals surface area (Å²) in [6.07, 6.45) is 0. The number of ketones is 1. The number of carbonyl (C=O) groups is 2. The first-order valence-electron chi connectivity index (χ1n) is 6.17. The van der Waals surface area contributed by atoms with E-state index in [2.05, 4.69) is 0 Å². The van der Waals surface area contributed by atoms with Gasteiger partial charge in [0.25, 0.3) is 5.69 Å². The molecule has 0 fully saturated rings. The highest BCUT2D eigenvalue weighted by molar-refractivity contribution is 6.10. The zero-order valence-corrected chi connectivity index (χ0v) is 11.4. The van der Waals surface area contributed by atoms with Gasteiger partial charge in [0.15, 0.2) is 5.78 Å². The maximum atomic E-state index is 12.3. The van der Waals surface area contributed by atoms with Crippen LogP contribution in [-0.4, -0.2) is 26.9 Å². The van der Waals surface area contributed by atoms with E-state index in [4.69, 9.17) is 5.11 Å². The zero-order valence-electron chi connectivity index (χ0n) is 11.4. The number of carboxylic acid groups (broad SMARTS) is 1. The number of nitro benzene ring substituents is 1. The van der Waals surface area contributed by atoms with Crippen molar-refractivity contribution in [2.75, 3.05) is 0 Å². The molecule has 0 aromatic heterocycles. The predicted molar refractivity (Wildman–Crippen MR) is 76.3 cm³/mol. The normalized spacial score (nSPS) is 10.2. The molecule has 0 aliphatic carbocycles. The van der Waals surface area contributed by atoms with E-state index in [0.717, 1.165) is 6.07 Å². The number of aromatic hydroxyl groups is 1. The Labute approximate surface area is 124 Å². The molecule has 0 bridgehead atoms. The van der Waals surface area contributed by atoms with E-state index in [1.54, 1.807) is 0 Å².